The number of imidazole rings is 2. The van der Waals surface area contributed by atoms with Crippen molar-refractivity contribution in [3.05, 3.63) is 96.5 Å². The fourth-order valence-electron chi connectivity index (χ4n) is 3.34. The molecule has 3 aromatic carbocycles. The average Bonchev–Trinajstić information content (AvgIpc) is 3.58. The predicted octanol–water partition coefficient (Wildman–Crippen LogP) is 6.49. The van der Waals surface area contributed by atoms with Crippen LogP contribution >= 0.6 is 11.6 Å². The molecule has 5 rings (SSSR count). The maximum Gasteiger partial charge on any atom is 0.140 e. The van der Waals surface area contributed by atoms with Crippen molar-refractivity contribution < 1.29 is 9.47 Å². The Morgan fingerprint density at radius 2 is 1.52 bits per heavy atom. The van der Waals surface area contributed by atoms with E-state index in [9.17, 15) is 0 Å². The first-order valence-corrected chi connectivity index (χ1v) is 10.6. The molecule has 0 saturated carbocycles. The second-order valence-electron chi connectivity index (χ2n) is 7.01. The molecule has 0 bridgehead atoms. The summed E-state index contributed by atoms with van der Waals surface area (Å²) in [7, 11) is 3.31. The molecular formula is C26H23ClN4O2. The first-order valence-electron chi connectivity index (χ1n) is 10.3. The fraction of sp³-hybridized carbons (Fsp3) is 0.0769. The van der Waals surface area contributed by atoms with Gasteiger partial charge in [-0.3, -0.25) is 0 Å². The van der Waals surface area contributed by atoms with Crippen molar-refractivity contribution in [1.82, 2.24) is 19.9 Å². The Labute approximate surface area is 197 Å². The topological polar surface area (TPSA) is 75.8 Å². The second kappa shape index (κ2) is 10.5. The Morgan fingerprint density at radius 1 is 0.818 bits per heavy atom. The van der Waals surface area contributed by atoms with E-state index in [0.29, 0.717) is 10.8 Å². The van der Waals surface area contributed by atoms with Gasteiger partial charge in [0.25, 0.3) is 0 Å². The normalized spacial score (nSPS) is 10.3. The zero-order chi connectivity index (χ0) is 23.0. The van der Waals surface area contributed by atoms with E-state index in [1.807, 2.05) is 72.8 Å². The van der Waals surface area contributed by atoms with Crippen LogP contribution in [0.4, 0.5) is 0 Å². The van der Waals surface area contributed by atoms with Gasteiger partial charge in [0.2, 0.25) is 0 Å². The number of H-pyrrole nitrogens is 2. The molecule has 0 radical (unpaired) electrons. The molecule has 2 N–H and O–H groups in total. The lowest BCUT2D eigenvalue weighted by Gasteiger charge is -2.07. The maximum atomic E-state index is 6.41. The van der Waals surface area contributed by atoms with Gasteiger partial charge in [0.15, 0.2) is 0 Å². The minimum Gasteiger partial charge on any atom is -0.497 e. The smallest absolute Gasteiger partial charge is 0.140 e. The quantitative estimate of drug-likeness (QED) is 0.315. The number of aromatic amines is 2. The standard InChI is InChI=1S/C23H19ClN2O2.C3H4N2/c1-27-17-9-5-7-15(13-17)21-22(16-8-6-10-18(14-16)28-2)26-23(25-21)19-11-3-4-12-20(19)24;1-2-5-3-4-1/h3-14H,1-2H3,(H,25,26);1-3H,(H,4,5). The van der Waals surface area contributed by atoms with Crippen LogP contribution in [-0.2, 0) is 0 Å². The first kappa shape index (κ1) is 22.2. The van der Waals surface area contributed by atoms with Crippen molar-refractivity contribution in [2.24, 2.45) is 0 Å². The highest BCUT2D eigenvalue weighted by atomic mass is 35.5. The highest BCUT2D eigenvalue weighted by Crippen LogP contribution is 2.36. The van der Waals surface area contributed by atoms with Gasteiger partial charge in [-0.15, -0.1) is 0 Å². The number of methoxy groups -OCH3 is 2. The third kappa shape index (κ3) is 5.25. The minimum atomic E-state index is 0.644. The van der Waals surface area contributed by atoms with Gasteiger partial charge in [0, 0.05) is 29.1 Å². The molecule has 0 aliphatic carbocycles. The highest BCUT2D eigenvalue weighted by molar-refractivity contribution is 6.33. The highest BCUT2D eigenvalue weighted by Gasteiger charge is 2.17. The van der Waals surface area contributed by atoms with Gasteiger partial charge in [-0.2, -0.15) is 0 Å². The Balaban J connectivity index is 0.000000459. The van der Waals surface area contributed by atoms with Crippen LogP contribution in [0.1, 0.15) is 0 Å². The molecule has 2 heterocycles. The minimum absolute atomic E-state index is 0.644. The van der Waals surface area contributed by atoms with Crippen LogP contribution in [0.5, 0.6) is 11.5 Å². The maximum absolute atomic E-state index is 6.41. The fourth-order valence-corrected chi connectivity index (χ4v) is 3.56. The monoisotopic (exact) mass is 458 g/mol. The lowest BCUT2D eigenvalue weighted by molar-refractivity contribution is 0.415. The number of halogens is 1. The van der Waals surface area contributed by atoms with Gasteiger partial charge in [-0.05, 0) is 36.4 Å². The van der Waals surface area contributed by atoms with Crippen LogP contribution in [-0.4, -0.2) is 34.2 Å². The summed E-state index contributed by atoms with van der Waals surface area (Å²) in [4.78, 5) is 14.7. The van der Waals surface area contributed by atoms with Crippen molar-refractivity contribution in [1.29, 1.82) is 0 Å². The molecule has 0 amide bonds. The summed E-state index contributed by atoms with van der Waals surface area (Å²) in [6.07, 6.45) is 5.08. The molecule has 7 heteroatoms. The molecule has 0 atom stereocenters. The van der Waals surface area contributed by atoms with Crippen LogP contribution in [0.2, 0.25) is 5.02 Å². The van der Waals surface area contributed by atoms with E-state index in [1.165, 1.54) is 0 Å². The molecule has 33 heavy (non-hydrogen) atoms. The number of nitrogens with one attached hydrogen (secondary N) is 2. The van der Waals surface area contributed by atoms with Gasteiger partial charge in [0.1, 0.15) is 17.3 Å². The number of benzene rings is 3. The summed E-state index contributed by atoms with van der Waals surface area (Å²) in [6.45, 7) is 0. The molecule has 0 unspecified atom stereocenters. The van der Waals surface area contributed by atoms with Crippen molar-refractivity contribution in [2.45, 2.75) is 0 Å². The van der Waals surface area contributed by atoms with Crippen LogP contribution in [0.3, 0.4) is 0 Å². The zero-order valence-electron chi connectivity index (χ0n) is 18.2. The van der Waals surface area contributed by atoms with E-state index < -0.39 is 0 Å². The molecule has 5 aromatic rings. The zero-order valence-corrected chi connectivity index (χ0v) is 19.0. The van der Waals surface area contributed by atoms with Crippen molar-refractivity contribution in [3.8, 4) is 45.4 Å². The SMILES string of the molecule is COc1cccc(-c2nc(-c3ccccc3Cl)[nH]c2-c2cccc(OC)c2)c1.c1c[nH]cn1. The van der Waals surface area contributed by atoms with E-state index in [0.717, 1.165) is 39.6 Å². The Kier molecular flexibility index (Phi) is 7.07. The molecular weight excluding hydrogens is 436 g/mol. The van der Waals surface area contributed by atoms with Gasteiger partial charge in [-0.25, -0.2) is 9.97 Å². The van der Waals surface area contributed by atoms with E-state index >= 15 is 0 Å². The molecule has 0 fully saturated rings. The Morgan fingerprint density at radius 3 is 2.12 bits per heavy atom. The number of nitrogens with zero attached hydrogens (tertiary/aromatic N) is 2. The van der Waals surface area contributed by atoms with Gasteiger partial charge in [0.05, 0.1) is 37.0 Å². The van der Waals surface area contributed by atoms with Gasteiger partial charge < -0.3 is 19.4 Å². The summed E-state index contributed by atoms with van der Waals surface area (Å²) in [5.41, 5.74) is 4.49. The first-order chi connectivity index (χ1) is 16.2. The second-order valence-corrected chi connectivity index (χ2v) is 7.42. The van der Waals surface area contributed by atoms with E-state index in [2.05, 4.69) is 15.0 Å². The van der Waals surface area contributed by atoms with Crippen LogP contribution in [0, 0.1) is 0 Å². The van der Waals surface area contributed by atoms with E-state index in [1.54, 1.807) is 32.9 Å². The third-order valence-corrected chi connectivity index (χ3v) is 5.27. The lowest BCUT2D eigenvalue weighted by atomic mass is 10.0. The Bertz CT molecular complexity index is 1230. The summed E-state index contributed by atoms with van der Waals surface area (Å²) in [6, 6.07) is 23.4. The van der Waals surface area contributed by atoms with Crippen LogP contribution in [0.15, 0.2) is 91.5 Å². The van der Waals surface area contributed by atoms with Crippen molar-refractivity contribution in [3.63, 3.8) is 0 Å². The molecule has 166 valence electrons. The molecule has 2 aromatic heterocycles. The molecule has 0 spiro atoms. The lowest BCUT2D eigenvalue weighted by Crippen LogP contribution is -1.88. The summed E-state index contributed by atoms with van der Waals surface area (Å²) < 4.78 is 10.8. The molecule has 0 saturated heterocycles. The Hall–Kier alpha value is -4.03. The number of hydrogen-bond acceptors (Lipinski definition) is 4. The third-order valence-electron chi connectivity index (χ3n) is 4.94. The average molecular weight is 459 g/mol. The number of rotatable bonds is 5. The molecule has 0 aliphatic rings. The van der Waals surface area contributed by atoms with Crippen LogP contribution in [0.25, 0.3) is 33.9 Å². The van der Waals surface area contributed by atoms with Crippen molar-refractivity contribution >= 4 is 11.6 Å². The predicted molar refractivity (Wildman–Crippen MR) is 132 cm³/mol. The van der Waals surface area contributed by atoms with E-state index in [-0.39, 0.29) is 0 Å². The van der Waals surface area contributed by atoms with Crippen molar-refractivity contribution in [2.75, 3.05) is 14.2 Å². The molecule has 6 nitrogen and oxygen atoms in total. The van der Waals surface area contributed by atoms with Gasteiger partial charge in [-0.1, -0.05) is 48.0 Å². The van der Waals surface area contributed by atoms with Crippen LogP contribution < -0.4 is 9.47 Å². The summed E-state index contributed by atoms with van der Waals surface area (Å²) in [5, 5.41) is 0.644. The van der Waals surface area contributed by atoms with E-state index in [4.69, 9.17) is 26.1 Å². The summed E-state index contributed by atoms with van der Waals surface area (Å²) in [5.74, 6) is 2.26. The number of ether oxygens (including phenoxy) is 2. The number of aromatic nitrogens is 4. The molecule has 0 aliphatic heterocycles. The number of hydrogen-bond donors (Lipinski definition) is 2. The largest absolute Gasteiger partial charge is 0.497 e. The summed E-state index contributed by atoms with van der Waals surface area (Å²) >= 11 is 6.41. The van der Waals surface area contributed by atoms with Gasteiger partial charge >= 0.3 is 0 Å².